The fourth-order valence-electron chi connectivity index (χ4n) is 1.32. The number of aliphatic hydroxyl groups is 1. The fourth-order valence-corrected chi connectivity index (χ4v) is 2.77. The van der Waals surface area contributed by atoms with Crippen LogP contribution in [0, 0.1) is 11.6 Å². The van der Waals surface area contributed by atoms with Gasteiger partial charge in [0.2, 0.25) is 0 Å². The van der Waals surface area contributed by atoms with Crippen LogP contribution in [-0.4, -0.2) is 5.11 Å². The van der Waals surface area contributed by atoms with E-state index in [2.05, 4.69) is 15.9 Å². The molecule has 1 N–H and O–H groups in total. The predicted molar refractivity (Wildman–Crippen MR) is 62.4 cm³/mol. The van der Waals surface area contributed by atoms with E-state index in [4.69, 9.17) is 0 Å². The number of aliphatic hydroxyl groups excluding tert-OH is 1. The molecule has 0 aliphatic rings. The van der Waals surface area contributed by atoms with Crippen molar-refractivity contribution in [3.8, 4) is 0 Å². The summed E-state index contributed by atoms with van der Waals surface area (Å²) in [4.78, 5) is 0.679. The number of halogens is 3. The topological polar surface area (TPSA) is 20.2 Å². The Labute approximate surface area is 103 Å². The summed E-state index contributed by atoms with van der Waals surface area (Å²) in [5, 5.41) is 11.7. The Morgan fingerprint density at radius 3 is 2.50 bits per heavy atom. The molecule has 0 aliphatic heterocycles. The minimum Gasteiger partial charge on any atom is -0.383 e. The van der Waals surface area contributed by atoms with E-state index in [1.165, 1.54) is 17.4 Å². The Kier molecular flexibility index (Phi) is 3.37. The lowest BCUT2D eigenvalue weighted by atomic mass is 10.1. The Morgan fingerprint density at radius 1 is 1.19 bits per heavy atom. The highest BCUT2D eigenvalue weighted by Gasteiger charge is 2.14. The molecule has 84 valence electrons. The molecule has 0 fully saturated rings. The van der Waals surface area contributed by atoms with Crippen LogP contribution in [-0.2, 0) is 0 Å². The number of hydrogen-bond donors (Lipinski definition) is 1. The molecular weight excluding hydrogens is 298 g/mol. The lowest BCUT2D eigenvalue weighted by Crippen LogP contribution is -1.98. The van der Waals surface area contributed by atoms with Gasteiger partial charge >= 0.3 is 0 Å². The molecule has 0 amide bonds. The number of rotatable bonds is 2. The van der Waals surface area contributed by atoms with Crippen molar-refractivity contribution in [3.05, 3.63) is 56.2 Å². The second-order valence-electron chi connectivity index (χ2n) is 3.24. The van der Waals surface area contributed by atoms with Gasteiger partial charge in [0.05, 0.1) is 0 Å². The van der Waals surface area contributed by atoms with Gasteiger partial charge in [0.25, 0.3) is 0 Å². The van der Waals surface area contributed by atoms with E-state index in [1.54, 1.807) is 6.07 Å². The largest absolute Gasteiger partial charge is 0.383 e. The first-order valence-electron chi connectivity index (χ1n) is 4.45. The van der Waals surface area contributed by atoms with Crippen molar-refractivity contribution < 1.29 is 13.9 Å². The van der Waals surface area contributed by atoms with Crippen LogP contribution in [0.1, 0.15) is 16.5 Å². The zero-order valence-electron chi connectivity index (χ0n) is 7.95. The summed E-state index contributed by atoms with van der Waals surface area (Å²) in [7, 11) is 0. The average molecular weight is 305 g/mol. The molecule has 1 heterocycles. The number of hydrogen-bond acceptors (Lipinski definition) is 2. The third kappa shape index (κ3) is 2.31. The van der Waals surface area contributed by atoms with E-state index < -0.39 is 17.7 Å². The summed E-state index contributed by atoms with van der Waals surface area (Å²) in [6, 6.07) is 5.14. The van der Waals surface area contributed by atoms with E-state index in [0.717, 1.165) is 16.6 Å². The molecule has 0 radical (unpaired) electrons. The summed E-state index contributed by atoms with van der Waals surface area (Å²) in [6.07, 6.45) is -0.925. The molecule has 2 aromatic rings. The van der Waals surface area contributed by atoms with E-state index in [9.17, 15) is 13.9 Å². The van der Waals surface area contributed by atoms with Crippen LogP contribution in [0.25, 0.3) is 0 Å². The van der Waals surface area contributed by atoms with Crippen molar-refractivity contribution >= 4 is 27.3 Å². The van der Waals surface area contributed by atoms with Crippen molar-refractivity contribution in [2.75, 3.05) is 0 Å². The molecular formula is C11H7BrF2OS. The average Bonchev–Trinajstić information content (AvgIpc) is 2.68. The standard InChI is InChI=1S/C11H7BrF2OS/c12-7-4-10(16-5-7)11(15)6-1-2-8(13)9(14)3-6/h1-5,11,15H. The van der Waals surface area contributed by atoms with Crippen LogP contribution in [0.3, 0.4) is 0 Å². The first-order chi connectivity index (χ1) is 7.58. The molecule has 5 heteroatoms. The zero-order valence-corrected chi connectivity index (χ0v) is 10.4. The minimum absolute atomic E-state index is 0.341. The molecule has 1 unspecified atom stereocenters. The molecule has 1 aromatic carbocycles. The predicted octanol–water partition coefficient (Wildman–Crippen LogP) is 3.87. The van der Waals surface area contributed by atoms with Crippen LogP contribution in [0.4, 0.5) is 8.78 Å². The van der Waals surface area contributed by atoms with Crippen molar-refractivity contribution in [1.82, 2.24) is 0 Å². The molecule has 0 aliphatic carbocycles. The lowest BCUT2D eigenvalue weighted by molar-refractivity contribution is 0.223. The van der Waals surface area contributed by atoms with Gasteiger partial charge in [0.15, 0.2) is 11.6 Å². The highest BCUT2D eigenvalue weighted by atomic mass is 79.9. The van der Waals surface area contributed by atoms with Gasteiger partial charge in [-0.1, -0.05) is 6.07 Å². The van der Waals surface area contributed by atoms with E-state index >= 15 is 0 Å². The third-order valence-electron chi connectivity index (χ3n) is 2.12. The van der Waals surface area contributed by atoms with E-state index in [1.807, 2.05) is 5.38 Å². The summed E-state index contributed by atoms with van der Waals surface area (Å²) >= 11 is 4.61. The SMILES string of the molecule is OC(c1ccc(F)c(F)c1)c1cc(Br)cs1. The molecule has 1 atom stereocenters. The summed E-state index contributed by atoms with van der Waals surface area (Å²) < 4.78 is 26.5. The van der Waals surface area contributed by atoms with Crippen LogP contribution in [0.5, 0.6) is 0 Å². The first-order valence-corrected chi connectivity index (χ1v) is 6.12. The number of thiophene rings is 1. The highest BCUT2D eigenvalue weighted by Crippen LogP contribution is 2.30. The van der Waals surface area contributed by atoms with Gasteiger partial charge in [0, 0.05) is 14.7 Å². The van der Waals surface area contributed by atoms with Gasteiger partial charge in [-0.15, -0.1) is 11.3 Å². The van der Waals surface area contributed by atoms with E-state index in [0.29, 0.717) is 10.4 Å². The highest BCUT2D eigenvalue weighted by molar-refractivity contribution is 9.10. The Hall–Kier alpha value is -0.780. The van der Waals surface area contributed by atoms with Gasteiger partial charge in [-0.05, 0) is 39.7 Å². The summed E-state index contributed by atoms with van der Waals surface area (Å²) in [5.41, 5.74) is 0.341. The second-order valence-corrected chi connectivity index (χ2v) is 5.10. The minimum atomic E-state index is -0.952. The van der Waals surface area contributed by atoms with Gasteiger partial charge in [-0.2, -0.15) is 0 Å². The normalized spacial score (nSPS) is 12.8. The Bertz CT molecular complexity index is 512. The van der Waals surface area contributed by atoms with Crippen molar-refractivity contribution in [1.29, 1.82) is 0 Å². The molecule has 0 spiro atoms. The monoisotopic (exact) mass is 304 g/mol. The van der Waals surface area contributed by atoms with Gasteiger partial charge in [-0.25, -0.2) is 8.78 Å². The molecule has 1 nitrogen and oxygen atoms in total. The molecule has 0 saturated heterocycles. The van der Waals surface area contributed by atoms with Crippen molar-refractivity contribution in [2.24, 2.45) is 0 Å². The zero-order chi connectivity index (χ0) is 11.7. The molecule has 16 heavy (non-hydrogen) atoms. The van der Waals surface area contributed by atoms with Crippen LogP contribution < -0.4 is 0 Å². The quantitative estimate of drug-likeness (QED) is 0.893. The maximum atomic E-state index is 13.0. The smallest absolute Gasteiger partial charge is 0.159 e. The summed E-state index contributed by atoms with van der Waals surface area (Å²) in [5.74, 6) is -1.87. The maximum Gasteiger partial charge on any atom is 0.159 e. The van der Waals surface area contributed by atoms with Crippen LogP contribution >= 0.6 is 27.3 Å². The second kappa shape index (κ2) is 4.61. The van der Waals surface area contributed by atoms with E-state index in [-0.39, 0.29) is 0 Å². The fraction of sp³-hybridized carbons (Fsp3) is 0.0909. The first kappa shape index (κ1) is 11.7. The maximum absolute atomic E-state index is 13.0. The Morgan fingerprint density at radius 2 is 1.94 bits per heavy atom. The van der Waals surface area contributed by atoms with Crippen molar-refractivity contribution in [2.45, 2.75) is 6.10 Å². The van der Waals surface area contributed by atoms with Gasteiger partial charge in [-0.3, -0.25) is 0 Å². The lowest BCUT2D eigenvalue weighted by Gasteiger charge is -2.08. The van der Waals surface area contributed by atoms with Crippen LogP contribution in [0.15, 0.2) is 34.1 Å². The van der Waals surface area contributed by atoms with Gasteiger partial charge in [0.1, 0.15) is 6.10 Å². The van der Waals surface area contributed by atoms with Crippen molar-refractivity contribution in [3.63, 3.8) is 0 Å². The molecule has 2 rings (SSSR count). The molecule has 0 saturated carbocycles. The van der Waals surface area contributed by atoms with Crippen LogP contribution in [0.2, 0.25) is 0 Å². The third-order valence-corrected chi connectivity index (χ3v) is 3.86. The Balaban J connectivity index is 2.33. The molecule has 0 bridgehead atoms. The summed E-state index contributed by atoms with van der Waals surface area (Å²) in [6.45, 7) is 0. The number of benzene rings is 1. The molecule has 1 aromatic heterocycles. The van der Waals surface area contributed by atoms with Gasteiger partial charge < -0.3 is 5.11 Å².